The molecule has 0 radical (unpaired) electrons. The van der Waals surface area contributed by atoms with Gasteiger partial charge < -0.3 is 5.11 Å². The van der Waals surface area contributed by atoms with Gasteiger partial charge in [0.2, 0.25) is 0 Å². The summed E-state index contributed by atoms with van der Waals surface area (Å²) in [7, 11) is 0. The van der Waals surface area contributed by atoms with Crippen molar-refractivity contribution in [3.05, 3.63) is 12.2 Å². The van der Waals surface area contributed by atoms with Gasteiger partial charge in [0, 0.05) is 13.0 Å². The maximum atomic E-state index is 8.57. The Bertz CT molecular complexity index is 267. The number of hydrogen-bond acceptors (Lipinski definition) is 1. The average molecular weight is 204 g/mol. The van der Waals surface area contributed by atoms with Crippen molar-refractivity contribution < 1.29 is 5.11 Å². The van der Waals surface area contributed by atoms with Crippen LogP contribution in [0.3, 0.4) is 0 Å². The molecular formula is C14H20O. The molecule has 0 fully saturated rings. The van der Waals surface area contributed by atoms with Crippen LogP contribution in [0, 0.1) is 23.7 Å². The van der Waals surface area contributed by atoms with Gasteiger partial charge in [-0.25, -0.2) is 0 Å². The Hall–Kier alpha value is -1.18. The fourth-order valence-electron chi connectivity index (χ4n) is 1.12. The largest absolute Gasteiger partial charge is 0.396 e. The molecule has 0 atom stereocenters. The third kappa shape index (κ3) is 12.8. The topological polar surface area (TPSA) is 20.2 Å². The van der Waals surface area contributed by atoms with Crippen LogP contribution in [0.25, 0.3) is 0 Å². The van der Waals surface area contributed by atoms with Gasteiger partial charge in [-0.3, -0.25) is 0 Å². The molecule has 0 amide bonds. The predicted octanol–water partition coefficient (Wildman–Crippen LogP) is 2.90. The molecule has 82 valence electrons. The van der Waals surface area contributed by atoms with E-state index >= 15 is 0 Å². The highest BCUT2D eigenvalue weighted by atomic mass is 16.2. The molecule has 15 heavy (non-hydrogen) atoms. The molecule has 0 unspecified atom stereocenters. The SMILES string of the molecule is C/C=C/C#CC#CCCCCCCCO. The summed E-state index contributed by atoms with van der Waals surface area (Å²) in [5.41, 5.74) is 0. The number of aliphatic hydroxyl groups is 1. The fraction of sp³-hybridized carbons (Fsp3) is 0.571. The third-order valence-corrected chi connectivity index (χ3v) is 1.93. The molecule has 0 aromatic heterocycles. The van der Waals surface area contributed by atoms with Crippen LogP contribution >= 0.6 is 0 Å². The Kier molecular flexibility index (Phi) is 11.8. The number of allylic oxidation sites excluding steroid dienone is 2. The quantitative estimate of drug-likeness (QED) is 0.521. The lowest BCUT2D eigenvalue weighted by atomic mass is 10.1. The number of rotatable bonds is 6. The van der Waals surface area contributed by atoms with Crippen LogP contribution < -0.4 is 0 Å². The minimum Gasteiger partial charge on any atom is -0.396 e. The van der Waals surface area contributed by atoms with Gasteiger partial charge in [0.1, 0.15) is 0 Å². The zero-order chi connectivity index (χ0) is 11.2. The van der Waals surface area contributed by atoms with E-state index in [-0.39, 0.29) is 0 Å². The average Bonchev–Trinajstić information content (AvgIpc) is 2.26. The number of unbranched alkanes of at least 4 members (excludes halogenated alkanes) is 5. The van der Waals surface area contributed by atoms with E-state index in [2.05, 4.69) is 23.7 Å². The third-order valence-electron chi connectivity index (χ3n) is 1.93. The van der Waals surface area contributed by atoms with E-state index < -0.39 is 0 Å². The van der Waals surface area contributed by atoms with E-state index in [9.17, 15) is 0 Å². The molecule has 0 bridgehead atoms. The highest BCUT2D eigenvalue weighted by molar-refractivity contribution is 5.30. The summed E-state index contributed by atoms with van der Waals surface area (Å²) in [4.78, 5) is 0. The molecule has 0 rings (SSSR count). The van der Waals surface area contributed by atoms with Crippen molar-refractivity contribution in [1.82, 2.24) is 0 Å². The lowest BCUT2D eigenvalue weighted by molar-refractivity contribution is 0.282. The van der Waals surface area contributed by atoms with Gasteiger partial charge in [-0.15, -0.1) is 0 Å². The second-order valence-corrected chi connectivity index (χ2v) is 3.31. The summed E-state index contributed by atoms with van der Waals surface area (Å²) in [5, 5.41) is 8.57. The first-order chi connectivity index (χ1) is 7.41. The summed E-state index contributed by atoms with van der Waals surface area (Å²) in [5.74, 6) is 11.4. The molecule has 0 aliphatic rings. The maximum Gasteiger partial charge on any atom is 0.0431 e. The second kappa shape index (κ2) is 12.8. The summed E-state index contributed by atoms with van der Waals surface area (Å²) in [6.45, 7) is 2.26. The molecule has 0 saturated carbocycles. The molecule has 0 saturated heterocycles. The fourth-order valence-corrected chi connectivity index (χ4v) is 1.12. The first-order valence-electron chi connectivity index (χ1n) is 5.62. The Labute approximate surface area is 93.6 Å². The second-order valence-electron chi connectivity index (χ2n) is 3.31. The molecule has 0 aliphatic carbocycles. The van der Waals surface area contributed by atoms with Crippen molar-refractivity contribution in [2.24, 2.45) is 0 Å². The minimum atomic E-state index is 0.320. The lowest BCUT2D eigenvalue weighted by Crippen LogP contribution is -1.83. The highest BCUT2D eigenvalue weighted by Gasteiger charge is 1.87. The summed E-state index contributed by atoms with van der Waals surface area (Å²) in [6, 6.07) is 0. The van der Waals surface area contributed by atoms with Gasteiger partial charge in [0.25, 0.3) is 0 Å². The van der Waals surface area contributed by atoms with Gasteiger partial charge in [-0.05, 0) is 37.7 Å². The van der Waals surface area contributed by atoms with E-state index in [0.717, 1.165) is 25.7 Å². The number of hydrogen-bond donors (Lipinski definition) is 1. The van der Waals surface area contributed by atoms with Crippen molar-refractivity contribution in [3.8, 4) is 23.7 Å². The molecule has 0 aliphatic heterocycles. The molecule has 1 N–H and O–H groups in total. The first kappa shape index (κ1) is 13.8. The predicted molar refractivity (Wildman–Crippen MR) is 65.2 cm³/mol. The molecule has 0 heterocycles. The lowest BCUT2D eigenvalue weighted by Gasteiger charge is -1.95. The van der Waals surface area contributed by atoms with Gasteiger partial charge in [0.05, 0.1) is 0 Å². The summed E-state index contributed by atoms with van der Waals surface area (Å²) < 4.78 is 0. The standard InChI is InChI=1S/C14H20O/c1-2-3-4-5-6-7-8-9-10-11-12-13-14-15/h2-3,15H,8-14H2,1H3/b3-2+. The van der Waals surface area contributed by atoms with Crippen molar-refractivity contribution in [2.45, 2.75) is 45.4 Å². The monoisotopic (exact) mass is 204 g/mol. The van der Waals surface area contributed by atoms with E-state index in [0.29, 0.717) is 6.61 Å². The Morgan fingerprint density at radius 3 is 2.47 bits per heavy atom. The van der Waals surface area contributed by atoms with Crippen LogP contribution in [-0.2, 0) is 0 Å². The van der Waals surface area contributed by atoms with Crippen LogP contribution in [0.4, 0.5) is 0 Å². The van der Waals surface area contributed by atoms with Crippen LogP contribution in [0.1, 0.15) is 45.4 Å². The zero-order valence-electron chi connectivity index (χ0n) is 9.55. The van der Waals surface area contributed by atoms with E-state index in [4.69, 9.17) is 5.11 Å². The van der Waals surface area contributed by atoms with Crippen molar-refractivity contribution in [2.75, 3.05) is 6.61 Å². The molecule has 1 nitrogen and oxygen atoms in total. The van der Waals surface area contributed by atoms with Crippen molar-refractivity contribution >= 4 is 0 Å². The van der Waals surface area contributed by atoms with Gasteiger partial charge in [-0.1, -0.05) is 37.2 Å². The molecule has 0 spiro atoms. The molecule has 1 heteroatoms. The van der Waals surface area contributed by atoms with Gasteiger partial charge in [-0.2, -0.15) is 0 Å². The van der Waals surface area contributed by atoms with E-state index in [1.807, 2.05) is 13.0 Å². The van der Waals surface area contributed by atoms with Crippen LogP contribution in [-0.4, -0.2) is 11.7 Å². The molecular weight excluding hydrogens is 184 g/mol. The van der Waals surface area contributed by atoms with E-state index in [1.165, 1.54) is 12.8 Å². The Morgan fingerprint density at radius 1 is 1.00 bits per heavy atom. The van der Waals surface area contributed by atoms with Gasteiger partial charge >= 0.3 is 0 Å². The van der Waals surface area contributed by atoms with Crippen molar-refractivity contribution in [1.29, 1.82) is 0 Å². The first-order valence-corrected chi connectivity index (χ1v) is 5.62. The number of aliphatic hydroxyl groups excluding tert-OH is 1. The normalized spacial score (nSPS) is 9.20. The highest BCUT2D eigenvalue weighted by Crippen LogP contribution is 2.03. The van der Waals surface area contributed by atoms with Crippen LogP contribution in [0.2, 0.25) is 0 Å². The van der Waals surface area contributed by atoms with E-state index in [1.54, 1.807) is 6.08 Å². The van der Waals surface area contributed by atoms with Crippen LogP contribution in [0.5, 0.6) is 0 Å². The Morgan fingerprint density at radius 2 is 1.73 bits per heavy atom. The summed E-state index contributed by atoms with van der Waals surface area (Å²) in [6.07, 6.45) is 10.2. The van der Waals surface area contributed by atoms with Crippen molar-refractivity contribution in [3.63, 3.8) is 0 Å². The smallest absolute Gasteiger partial charge is 0.0431 e. The maximum absolute atomic E-state index is 8.57. The zero-order valence-corrected chi connectivity index (χ0v) is 9.55. The van der Waals surface area contributed by atoms with Crippen LogP contribution in [0.15, 0.2) is 12.2 Å². The Balaban J connectivity index is 3.27. The minimum absolute atomic E-state index is 0.320. The molecule has 0 aromatic rings. The molecule has 0 aromatic carbocycles. The van der Waals surface area contributed by atoms with Gasteiger partial charge in [0.15, 0.2) is 0 Å². The summed E-state index contributed by atoms with van der Waals surface area (Å²) >= 11 is 0.